The van der Waals surface area contributed by atoms with Gasteiger partial charge in [0.05, 0.1) is 13.2 Å². The number of carboxylic acids is 1. The van der Waals surface area contributed by atoms with Crippen LogP contribution in [0.4, 0.5) is 0 Å². The minimum atomic E-state index is -0.935. The van der Waals surface area contributed by atoms with Gasteiger partial charge in [0, 0.05) is 35.3 Å². The summed E-state index contributed by atoms with van der Waals surface area (Å²) in [5.74, 6) is 0.872. The molecule has 2 aliphatic heterocycles. The predicted molar refractivity (Wildman–Crippen MR) is 64.5 cm³/mol. The Morgan fingerprint density at radius 2 is 1.82 bits per heavy atom. The van der Waals surface area contributed by atoms with Gasteiger partial charge in [0.15, 0.2) is 0 Å². The molecule has 17 heavy (non-hydrogen) atoms. The highest BCUT2D eigenvalue weighted by Crippen LogP contribution is 2.44. The predicted octanol–water partition coefficient (Wildman–Crippen LogP) is 1.68. The van der Waals surface area contributed by atoms with E-state index >= 15 is 0 Å². The fourth-order valence-electron chi connectivity index (χ4n) is 2.60. The molecule has 0 spiro atoms. The Labute approximate surface area is 104 Å². The molecule has 2 heterocycles. The summed E-state index contributed by atoms with van der Waals surface area (Å²) < 4.78 is 11.1. The first kappa shape index (κ1) is 10.8. The summed E-state index contributed by atoms with van der Waals surface area (Å²) in [7, 11) is 0. The maximum absolute atomic E-state index is 11.4. The molecule has 0 bridgehead atoms. The van der Waals surface area contributed by atoms with Crippen LogP contribution in [0.25, 0.3) is 0 Å². The second-order valence-electron chi connectivity index (χ2n) is 4.13. The summed E-state index contributed by atoms with van der Waals surface area (Å²) in [6.07, 6.45) is 1.37. The van der Waals surface area contributed by atoms with E-state index in [2.05, 4.69) is 12.6 Å². The minimum Gasteiger partial charge on any atom is -0.493 e. The van der Waals surface area contributed by atoms with Crippen LogP contribution in [0.2, 0.25) is 0 Å². The molecule has 5 heteroatoms. The summed E-state index contributed by atoms with van der Waals surface area (Å²) in [4.78, 5) is 11.4. The van der Waals surface area contributed by atoms with Gasteiger partial charge in [0.1, 0.15) is 17.1 Å². The van der Waals surface area contributed by atoms with Gasteiger partial charge in [-0.25, -0.2) is 4.79 Å². The Balaban J connectivity index is 2.34. The van der Waals surface area contributed by atoms with Crippen molar-refractivity contribution in [3.05, 3.63) is 22.3 Å². The van der Waals surface area contributed by atoms with Gasteiger partial charge in [0.2, 0.25) is 0 Å². The van der Waals surface area contributed by atoms with Gasteiger partial charge in [-0.3, -0.25) is 0 Å². The first-order valence-corrected chi connectivity index (χ1v) is 6.17. The number of carboxylic acid groups (broad SMARTS) is 1. The summed E-state index contributed by atoms with van der Waals surface area (Å²) in [5, 5.41) is 9.32. The van der Waals surface area contributed by atoms with E-state index < -0.39 is 5.97 Å². The highest BCUT2D eigenvalue weighted by atomic mass is 32.1. The third-order valence-corrected chi connectivity index (χ3v) is 3.60. The lowest BCUT2D eigenvalue weighted by atomic mass is 9.95. The van der Waals surface area contributed by atoms with Gasteiger partial charge in [0.25, 0.3) is 0 Å². The molecule has 0 unspecified atom stereocenters. The lowest BCUT2D eigenvalue weighted by Gasteiger charge is -2.14. The van der Waals surface area contributed by atoms with Crippen molar-refractivity contribution in [3.63, 3.8) is 0 Å². The smallest absolute Gasteiger partial charge is 0.339 e. The van der Waals surface area contributed by atoms with Crippen molar-refractivity contribution in [2.24, 2.45) is 0 Å². The molecule has 1 aromatic rings. The van der Waals surface area contributed by atoms with Gasteiger partial charge < -0.3 is 14.6 Å². The van der Waals surface area contributed by atoms with Crippen LogP contribution in [-0.4, -0.2) is 24.3 Å². The summed E-state index contributed by atoms with van der Waals surface area (Å²) in [5.41, 5.74) is 3.01. The van der Waals surface area contributed by atoms with Crippen molar-refractivity contribution in [2.75, 3.05) is 13.2 Å². The maximum Gasteiger partial charge on any atom is 0.339 e. The van der Waals surface area contributed by atoms with Crippen LogP contribution in [0.15, 0.2) is 0 Å². The second-order valence-corrected chi connectivity index (χ2v) is 4.45. The first-order chi connectivity index (χ1) is 8.24. The molecule has 0 fully saturated rings. The fraction of sp³-hybridized carbons (Fsp3) is 0.417. The zero-order valence-electron chi connectivity index (χ0n) is 9.15. The molecule has 1 N–H and O–H groups in total. The van der Waals surface area contributed by atoms with Crippen molar-refractivity contribution < 1.29 is 19.4 Å². The van der Waals surface area contributed by atoms with Crippen molar-refractivity contribution in [2.45, 2.75) is 18.6 Å². The van der Waals surface area contributed by atoms with Crippen LogP contribution in [-0.2, 0) is 18.6 Å². The van der Waals surface area contributed by atoms with E-state index in [-0.39, 0.29) is 5.56 Å². The van der Waals surface area contributed by atoms with E-state index in [4.69, 9.17) is 9.47 Å². The number of benzene rings is 1. The van der Waals surface area contributed by atoms with E-state index in [1.165, 1.54) is 0 Å². The number of fused-ring (bicyclic) bond motifs is 2. The Morgan fingerprint density at radius 1 is 1.18 bits per heavy atom. The van der Waals surface area contributed by atoms with Crippen LogP contribution in [0, 0.1) is 0 Å². The zero-order valence-corrected chi connectivity index (χ0v) is 10.0. The van der Waals surface area contributed by atoms with Crippen LogP contribution in [0.1, 0.15) is 27.0 Å². The van der Waals surface area contributed by atoms with Crippen molar-refractivity contribution in [3.8, 4) is 11.5 Å². The molecule has 0 saturated heterocycles. The van der Waals surface area contributed by atoms with Gasteiger partial charge >= 0.3 is 5.97 Å². The Hall–Kier alpha value is -1.36. The van der Waals surface area contributed by atoms with E-state index in [1.54, 1.807) is 0 Å². The van der Waals surface area contributed by atoms with Gasteiger partial charge in [-0.2, -0.15) is 12.6 Å². The maximum atomic E-state index is 11.4. The van der Waals surface area contributed by atoms with Gasteiger partial charge in [-0.05, 0) is 0 Å². The average Bonchev–Trinajstić information content (AvgIpc) is 2.92. The Bertz CT molecular complexity index is 475. The number of hydrogen-bond acceptors (Lipinski definition) is 4. The Kier molecular flexibility index (Phi) is 2.43. The zero-order chi connectivity index (χ0) is 12.0. The van der Waals surface area contributed by atoms with Crippen LogP contribution in [0.3, 0.4) is 0 Å². The van der Waals surface area contributed by atoms with Crippen molar-refractivity contribution in [1.82, 2.24) is 0 Å². The lowest BCUT2D eigenvalue weighted by Crippen LogP contribution is -2.06. The number of aromatic carboxylic acids is 1. The number of rotatable bonds is 2. The van der Waals surface area contributed by atoms with Crippen LogP contribution >= 0.6 is 12.6 Å². The van der Waals surface area contributed by atoms with E-state index in [0.717, 1.165) is 28.9 Å². The molecular formula is C12H12O4S. The second kappa shape index (κ2) is 3.84. The highest BCUT2D eigenvalue weighted by molar-refractivity contribution is 7.79. The number of thiol groups is 1. The highest BCUT2D eigenvalue weighted by Gasteiger charge is 2.33. The summed E-state index contributed by atoms with van der Waals surface area (Å²) in [6.45, 7) is 1.08. The Morgan fingerprint density at radius 3 is 2.47 bits per heavy atom. The van der Waals surface area contributed by atoms with Crippen molar-refractivity contribution in [1.29, 1.82) is 0 Å². The molecule has 0 aliphatic carbocycles. The number of carbonyl (C=O) groups is 1. The molecule has 0 amide bonds. The first-order valence-electron chi connectivity index (χ1n) is 5.54. The quantitative estimate of drug-likeness (QED) is 0.786. The van der Waals surface area contributed by atoms with Crippen molar-refractivity contribution >= 4 is 18.6 Å². The summed E-state index contributed by atoms with van der Waals surface area (Å²) >= 11 is 4.31. The molecule has 2 aliphatic rings. The number of hydrogen-bond donors (Lipinski definition) is 2. The van der Waals surface area contributed by atoms with E-state index in [0.29, 0.717) is 31.1 Å². The van der Waals surface area contributed by atoms with Gasteiger partial charge in [-0.15, -0.1) is 0 Å². The monoisotopic (exact) mass is 252 g/mol. The molecular weight excluding hydrogens is 240 g/mol. The summed E-state index contributed by atoms with van der Waals surface area (Å²) in [6, 6.07) is 0. The molecule has 0 saturated carbocycles. The molecule has 90 valence electrons. The molecule has 0 aromatic heterocycles. The van der Waals surface area contributed by atoms with E-state index in [1.807, 2.05) is 0 Å². The molecule has 3 rings (SSSR count). The van der Waals surface area contributed by atoms with Crippen LogP contribution < -0.4 is 9.47 Å². The van der Waals surface area contributed by atoms with E-state index in [9.17, 15) is 9.90 Å². The molecule has 1 aromatic carbocycles. The fourth-order valence-corrected chi connectivity index (χ4v) is 2.93. The average molecular weight is 252 g/mol. The SMILES string of the molecule is O=C(O)c1c2c(c(CS)c3c1OCC3)OCC2. The standard InChI is InChI=1S/C12H12O4S/c13-12(14)9-7-2-4-15-10(7)8(5-17)6-1-3-16-11(6)9/h17H,1-5H2,(H,13,14). The molecule has 4 nitrogen and oxygen atoms in total. The normalized spacial score (nSPS) is 16.1. The molecule has 0 radical (unpaired) electrons. The third kappa shape index (κ3) is 1.42. The molecule has 0 atom stereocenters. The van der Waals surface area contributed by atoms with Gasteiger partial charge in [-0.1, -0.05) is 0 Å². The third-order valence-electron chi connectivity index (χ3n) is 3.28. The minimum absolute atomic E-state index is 0.288. The number of ether oxygens (including phenoxy) is 2. The lowest BCUT2D eigenvalue weighted by molar-refractivity contribution is 0.0692. The topological polar surface area (TPSA) is 55.8 Å². The largest absolute Gasteiger partial charge is 0.493 e. The van der Waals surface area contributed by atoms with Crippen LogP contribution in [0.5, 0.6) is 11.5 Å².